The number of benzene rings is 1. The smallest absolute Gasteiger partial charge is 0.221 e. The lowest BCUT2D eigenvalue weighted by Gasteiger charge is -2.31. The zero-order valence-electron chi connectivity index (χ0n) is 10.6. The molecule has 1 fully saturated rings. The number of primary amides is 1. The summed E-state index contributed by atoms with van der Waals surface area (Å²) in [5.74, 6) is -0.805. The Bertz CT molecular complexity index is 524. The van der Waals surface area contributed by atoms with Gasteiger partial charge in [-0.1, -0.05) is 6.07 Å². The predicted octanol–water partition coefficient (Wildman–Crippen LogP) is 1.39. The first kappa shape index (κ1) is 13.5. The third-order valence-corrected chi connectivity index (χ3v) is 3.48. The summed E-state index contributed by atoms with van der Waals surface area (Å²) in [5.41, 5.74) is 6.18. The molecule has 1 amide bonds. The SMILES string of the molecule is N#Cc1ccc(CN2CCCC(C(N)=O)C2)c(F)c1. The van der Waals surface area contributed by atoms with E-state index in [2.05, 4.69) is 0 Å². The number of halogens is 1. The second-order valence-corrected chi connectivity index (χ2v) is 4.89. The zero-order valence-corrected chi connectivity index (χ0v) is 10.6. The van der Waals surface area contributed by atoms with Crippen molar-refractivity contribution < 1.29 is 9.18 Å². The van der Waals surface area contributed by atoms with Crippen molar-refractivity contribution in [2.45, 2.75) is 19.4 Å². The molecule has 1 saturated heterocycles. The quantitative estimate of drug-likeness (QED) is 0.894. The van der Waals surface area contributed by atoms with Crippen molar-refractivity contribution in [1.29, 1.82) is 5.26 Å². The van der Waals surface area contributed by atoms with E-state index in [1.165, 1.54) is 6.07 Å². The fourth-order valence-electron chi connectivity index (χ4n) is 2.42. The minimum atomic E-state index is -0.375. The van der Waals surface area contributed by atoms with E-state index in [9.17, 15) is 9.18 Å². The van der Waals surface area contributed by atoms with Crippen LogP contribution < -0.4 is 5.73 Å². The number of nitrogens with zero attached hydrogens (tertiary/aromatic N) is 2. The van der Waals surface area contributed by atoms with Crippen LogP contribution in [0.15, 0.2) is 18.2 Å². The molecule has 1 aliphatic rings. The highest BCUT2D eigenvalue weighted by Crippen LogP contribution is 2.19. The molecule has 0 saturated carbocycles. The van der Waals surface area contributed by atoms with Crippen LogP contribution in [-0.2, 0) is 11.3 Å². The molecular weight excluding hydrogens is 245 g/mol. The van der Waals surface area contributed by atoms with E-state index in [0.29, 0.717) is 24.2 Å². The van der Waals surface area contributed by atoms with Gasteiger partial charge in [0.05, 0.1) is 17.6 Å². The van der Waals surface area contributed by atoms with Gasteiger partial charge in [-0.15, -0.1) is 0 Å². The molecule has 5 heteroatoms. The van der Waals surface area contributed by atoms with Crippen LogP contribution in [0.4, 0.5) is 4.39 Å². The minimum absolute atomic E-state index is 0.143. The molecule has 0 spiro atoms. The van der Waals surface area contributed by atoms with Crippen LogP contribution in [0.2, 0.25) is 0 Å². The molecule has 1 aliphatic heterocycles. The first-order valence-corrected chi connectivity index (χ1v) is 6.30. The molecule has 2 N–H and O–H groups in total. The summed E-state index contributed by atoms with van der Waals surface area (Å²) < 4.78 is 13.8. The molecule has 0 bridgehead atoms. The minimum Gasteiger partial charge on any atom is -0.369 e. The van der Waals surface area contributed by atoms with Gasteiger partial charge in [0, 0.05) is 18.7 Å². The van der Waals surface area contributed by atoms with E-state index in [4.69, 9.17) is 11.0 Å². The van der Waals surface area contributed by atoms with E-state index in [-0.39, 0.29) is 17.6 Å². The van der Waals surface area contributed by atoms with Crippen molar-refractivity contribution in [1.82, 2.24) is 4.90 Å². The van der Waals surface area contributed by atoms with Gasteiger partial charge in [-0.05, 0) is 31.5 Å². The summed E-state index contributed by atoms with van der Waals surface area (Å²) in [4.78, 5) is 13.2. The Morgan fingerprint density at radius 2 is 2.37 bits per heavy atom. The number of nitrogens with two attached hydrogens (primary N) is 1. The summed E-state index contributed by atoms with van der Waals surface area (Å²) in [7, 11) is 0. The number of piperidine rings is 1. The normalized spacial score (nSPS) is 19.9. The number of hydrogen-bond acceptors (Lipinski definition) is 3. The summed E-state index contributed by atoms with van der Waals surface area (Å²) in [6.45, 7) is 1.86. The lowest BCUT2D eigenvalue weighted by atomic mass is 9.97. The Morgan fingerprint density at radius 1 is 1.58 bits per heavy atom. The number of hydrogen-bond donors (Lipinski definition) is 1. The molecule has 0 aromatic heterocycles. The van der Waals surface area contributed by atoms with Crippen molar-refractivity contribution in [2.24, 2.45) is 11.7 Å². The van der Waals surface area contributed by atoms with Gasteiger partial charge < -0.3 is 5.73 Å². The second-order valence-electron chi connectivity index (χ2n) is 4.89. The standard InChI is InChI=1S/C14H16FN3O/c15-13-6-10(7-16)3-4-11(13)8-18-5-1-2-12(9-18)14(17)19/h3-4,6,12H,1-2,5,8-9H2,(H2,17,19). The van der Waals surface area contributed by atoms with Gasteiger partial charge in [0.1, 0.15) is 5.82 Å². The third-order valence-electron chi connectivity index (χ3n) is 3.48. The Kier molecular flexibility index (Phi) is 4.13. The monoisotopic (exact) mass is 261 g/mol. The molecule has 1 aromatic carbocycles. The maximum Gasteiger partial charge on any atom is 0.221 e. The molecule has 100 valence electrons. The Morgan fingerprint density at radius 3 is 3.00 bits per heavy atom. The highest BCUT2D eigenvalue weighted by atomic mass is 19.1. The van der Waals surface area contributed by atoms with Crippen molar-refractivity contribution in [2.75, 3.05) is 13.1 Å². The third kappa shape index (κ3) is 3.30. The lowest BCUT2D eigenvalue weighted by Crippen LogP contribution is -2.40. The van der Waals surface area contributed by atoms with Gasteiger partial charge in [-0.25, -0.2) is 4.39 Å². The number of rotatable bonds is 3. The van der Waals surface area contributed by atoms with Crippen LogP contribution in [0.1, 0.15) is 24.0 Å². The van der Waals surface area contributed by atoms with Crippen LogP contribution in [0.25, 0.3) is 0 Å². The first-order valence-electron chi connectivity index (χ1n) is 6.30. The van der Waals surface area contributed by atoms with E-state index in [1.54, 1.807) is 12.1 Å². The molecule has 1 heterocycles. The molecule has 1 unspecified atom stereocenters. The molecule has 0 aliphatic carbocycles. The predicted molar refractivity (Wildman–Crippen MR) is 68.3 cm³/mol. The van der Waals surface area contributed by atoms with E-state index >= 15 is 0 Å². The molecule has 1 atom stereocenters. The van der Waals surface area contributed by atoms with Crippen molar-refractivity contribution in [3.8, 4) is 6.07 Å². The van der Waals surface area contributed by atoms with Crippen LogP contribution in [-0.4, -0.2) is 23.9 Å². The fourth-order valence-corrected chi connectivity index (χ4v) is 2.42. The Balaban J connectivity index is 2.05. The molecular formula is C14H16FN3O. The summed E-state index contributed by atoms with van der Waals surface area (Å²) in [6, 6.07) is 6.38. The molecule has 4 nitrogen and oxygen atoms in total. The second kappa shape index (κ2) is 5.81. The molecule has 1 aromatic rings. The van der Waals surface area contributed by atoms with Gasteiger partial charge in [0.2, 0.25) is 5.91 Å². The summed E-state index contributed by atoms with van der Waals surface area (Å²) >= 11 is 0. The van der Waals surface area contributed by atoms with Crippen LogP contribution in [0.3, 0.4) is 0 Å². The summed E-state index contributed by atoms with van der Waals surface area (Å²) in [5, 5.41) is 8.69. The Labute approximate surface area is 111 Å². The van der Waals surface area contributed by atoms with Crippen LogP contribution in [0, 0.1) is 23.1 Å². The van der Waals surface area contributed by atoms with Crippen molar-refractivity contribution in [3.63, 3.8) is 0 Å². The first-order chi connectivity index (χ1) is 9.10. The number of likely N-dealkylation sites (tertiary alicyclic amines) is 1. The highest BCUT2D eigenvalue weighted by molar-refractivity contribution is 5.76. The number of nitriles is 1. The van der Waals surface area contributed by atoms with E-state index in [1.807, 2.05) is 11.0 Å². The maximum atomic E-state index is 13.8. The molecule has 19 heavy (non-hydrogen) atoms. The van der Waals surface area contributed by atoms with Crippen molar-refractivity contribution >= 4 is 5.91 Å². The average Bonchev–Trinajstić information content (AvgIpc) is 2.41. The average molecular weight is 261 g/mol. The number of carbonyl (C=O) groups is 1. The van der Waals surface area contributed by atoms with Gasteiger partial charge in [-0.2, -0.15) is 5.26 Å². The van der Waals surface area contributed by atoms with E-state index < -0.39 is 0 Å². The molecule has 2 rings (SSSR count). The number of carbonyl (C=O) groups excluding carboxylic acids is 1. The van der Waals surface area contributed by atoms with Crippen molar-refractivity contribution in [3.05, 3.63) is 35.1 Å². The van der Waals surface area contributed by atoms with Gasteiger partial charge >= 0.3 is 0 Å². The molecule has 0 radical (unpaired) electrons. The fraction of sp³-hybridized carbons (Fsp3) is 0.429. The van der Waals surface area contributed by atoms with Crippen LogP contribution in [0.5, 0.6) is 0 Å². The largest absolute Gasteiger partial charge is 0.369 e. The van der Waals surface area contributed by atoms with Gasteiger partial charge in [0.25, 0.3) is 0 Å². The van der Waals surface area contributed by atoms with Gasteiger partial charge in [0.15, 0.2) is 0 Å². The topological polar surface area (TPSA) is 70.1 Å². The number of amides is 1. The Hall–Kier alpha value is -1.93. The highest BCUT2D eigenvalue weighted by Gasteiger charge is 2.24. The lowest BCUT2D eigenvalue weighted by molar-refractivity contribution is -0.123. The van der Waals surface area contributed by atoms with E-state index in [0.717, 1.165) is 19.4 Å². The van der Waals surface area contributed by atoms with Gasteiger partial charge in [-0.3, -0.25) is 9.69 Å². The van der Waals surface area contributed by atoms with Crippen LogP contribution >= 0.6 is 0 Å². The maximum absolute atomic E-state index is 13.8. The zero-order chi connectivity index (χ0) is 13.8. The summed E-state index contributed by atoms with van der Waals surface area (Å²) in [6.07, 6.45) is 1.70.